The number of benzene rings is 2. The number of aromatic nitrogens is 2. The topological polar surface area (TPSA) is 129 Å². The first kappa shape index (κ1) is 24.4. The highest BCUT2D eigenvalue weighted by Gasteiger charge is 2.17. The molecule has 0 aliphatic carbocycles. The van der Waals surface area contributed by atoms with Gasteiger partial charge in [0.1, 0.15) is 5.76 Å². The Hall–Kier alpha value is -4.20. The van der Waals surface area contributed by atoms with Gasteiger partial charge in [0.15, 0.2) is 0 Å². The summed E-state index contributed by atoms with van der Waals surface area (Å²) in [6.45, 7) is 4.00. The van der Waals surface area contributed by atoms with Crippen molar-refractivity contribution in [3.63, 3.8) is 0 Å². The number of nitrogens with one attached hydrogen (secondary N) is 1. The molecule has 8 heteroatoms. The number of aliphatic carboxylic acids is 1. The number of hydrogen-bond donors (Lipinski definition) is 3. The third-order valence-electron chi connectivity index (χ3n) is 5.46. The van der Waals surface area contributed by atoms with Crippen LogP contribution in [0.3, 0.4) is 0 Å². The van der Waals surface area contributed by atoms with E-state index in [9.17, 15) is 24.3 Å². The van der Waals surface area contributed by atoms with Crippen LogP contribution in [-0.4, -0.2) is 31.5 Å². The Balaban J connectivity index is 1.81. The third-order valence-corrected chi connectivity index (χ3v) is 5.46. The number of aryl methyl sites for hydroxylation is 1. The smallest absolute Gasteiger partial charge is 0.376 e. The fourth-order valence-corrected chi connectivity index (χ4v) is 3.72. The van der Waals surface area contributed by atoms with E-state index in [0.717, 1.165) is 11.1 Å². The SMILES string of the molecule is CC(C)c1c(Cc2ccccc2)[nH]c(=O)n(CCc2ccc(C(O)=CC(=O)C(=O)O)cc2)c1=O. The minimum absolute atomic E-state index is 0.0723. The van der Waals surface area contributed by atoms with Crippen molar-refractivity contribution in [3.8, 4) is 0 Å². The van der Waals surface area contributed by atoms with Crippen LogP contribution in [-0.2, 0) is 29.0 Å². The maximum Gasteiger partial charge on any atom is 0.376 e. The molecule has 0 aliphatic rings. The van der Waals surface area contributed by atoms with E-state index in [-0.39, 0.29) is 23.6 Å². The molecule has 3 aromatic rings. The van der Waals surface area contributed by atoms with Crippen LogP contribution >= 0.6 is 0 Å². The lowest BCUT2D eigenvalue weighted by Gasteiger charge is -2.15. The van der Waals surface area contributed by atoms with Gasteiger partial charge in [0.2, 0.25) is 0 Å². The van der Waals surface area contributed by atoms with E-state index < -0.39 is 23.2 Å². The van der Waals surface area contributed by atoms with Crippen molar-refractivity contribution in [2.24, 2.45) is 0 Å². The Bertz CT molecular complexity index is 1330. The summed E-state index contributed by atoms with van der Waals surface area (Å²) in [5.74, 6) is -3.41. The van der Waals surface area contributed by atoms with Crippen LogP contribution in [0, 0.1) is 0 Å². The van der Waals surface area contributed by atoms with Crippen LogP contribution in [0.2, 0.25) is 0 Å². The van der Waals surface area contributed by atoms with Crippen LogP contribution in [0.25, 0.3) is 5.76 Å². The van der Waals surface area contributed by atoms with E-state index in [1.807, 2.05) is 44.2 Å². The summed E-state index contributed by atoms with van der Waals surface area (Å²) in [6.07, 6.45) is 1.49. The summed E-state index contributed by atoms with van der Waals surface area (Å²) in [4.78, 5) is 50.6. The van der Waals surface area contributed by atoms with Gasteiger partial charge in [-0.3, -0.25) is 14.2 Å². The molecule has 0 amide bonds. The number of carboxylic acid groups (broad SMARTS) is 1. The second-order valence-electron chi connectivity index (χ2n) is 8.24. The number of H-pyrrole nitrogens is 1. The van der Waals surface area contributed by atoms with Crippen LogP contribution in [0.5, 0.6) is 0 Å². The van der Waals surface area contributed by atoms with Crippen molar-refractivity contribution >= 4 is 17.5 Å². The van der Waals surface area contributed by atoms with Gasteiger partial charge in [-0.2, -0.15) is 0 Å². The number of carboxylic acids is 1. The van der Waals surface area contributed by atoms with Crippen molar-refractivity contribution in [3.05, 3.63) is 109 Å². The Morgan fingerprint density at radius 2 is 1.62 bits per heavy atom. The molecule has 0 bridgehead atoms. The molecule has 34 heavy (non-hydrogen) atoms. The Morgan fingerprint density at radius 1 is 0.971 bits per heavy atom. The molecule has 3 N–H and O–H groups in total. The molecule has 0 atom stereocenters. The van der Waals surface area contributed by atoms with Crippen LogP contribution in [0.1, 0.15) is 47.7 Å². The number of rotatable bonds is 9. The normalized spacial score (nSPS) is 11.6. The lowest BCUT2D eigenvalue weighted by Crippen LogP contribution is -2.39. The molecule has 3 rings (SSSR count). The lowest BCUT2D eigenvalue weighted by atomic mass is 9.98. The van der Waals surface area contributed by atoms with Gasteiger partial charge in [0.05, 0.1) is 0 Å². The molecule has 0 unspecified atom stereocenters. The van der Waals surface area contributed by atoms with Gasteiger partial charge in [0.25, 0.3) is 11.3 Å². The van der Waals surface area contributed by atoms with Crippen LogP contribution in [0.15, 0.2) is 70.3 Å². The van der Waals surface area contributed by atoms with Gasteiger partial charge in [-0.1, -0.05) is 68.4 Å². The molecule has 0 saturated carbocycles. The van der Waals surface area contributed by atoms with E-state index in [0.29, 0.717) is 30.2 Å². The van der Waals surface area contributed by atoms with E-state index in [2.05, 4.69) is 4.98 Å². The summed E-state index contributed by atoms with van der Waals surface area (Å²) in [5, 5.41) is 18.5. The molecule has 176 valence electrons. The number of nitrogens with zero attached hydrogens (tertiary/aromatic N) is 1. The minimum atomic E-state index is -1.66. The molecule has 0 radical (unpaired) electrons. The highest BCUT2D eigenvalue weighted by molar-refractivity contribution is 6.38. The van der Waals surface area contributed by atoms with Gasteiger partial charge < -0.3 is 15.2 Å². The summed E-state index contributed by atoms with van der Waals surface area (Å²) in [7, 11) is 0. The third kappa shape index (κ3) is 5.78. The molecule has 0 saturated heterocycles. The van der Waals surface area contributed by atoms with Crippen LogP contribution in [0.4, 0.5) is 0 Å². The van der Waals surface area contributed by atoms with Crippen molar-refractivity contribution in [1.29, 1.82) is 0 Å². The van der Waals surface area contributed by atoms with Crippen molar-refractivity contribution < 1.29 is 19.8 Å². The Labute approximate surface area is 195 Å². The molecular weight excluding hydrogens is 436 g/mol. The second kappa shape index (κ2) is 10.6. The molecule has 8 nitrogen and oxygen atoms in total. The molecule has 0 aliphatic heterocycles. The summed E-state index contributed by atoms with van der Waals surface area (Å²) < 4.78 is 1.20. The van der Waals surface area contributed by atoms with Gasteiger partial charge in [-0.05, 0) is 23.5 Å². The minimum Gasteiger partial charge on any atom is -0.507 e. The highest BCUT2D eigenvalue weighted by Crippen LogP contribution is 2.17. The standard InChI is InChI=1S/C26H26N2O6/c1-16(2)23-20(14-18-6-4-3-5-7-18)27-26(34)28(24(23)31)13-12-17-8-10-19(11-9-17)21(29)15-22(30)25(32)33/h3-11,15-16,29H,12-14H2,1-2H3,(H,27,34)(H,32,33). The number of aliphatic hydroxyl groups is 1. The number of carbonyl (C=O) groups excluding carboxylic acids is 1. The number of aliphatic hydroxyl groups excluding tert-OH is 1. The van der Waals surface area contributed by atoms with E-state index in [1.54, 1.807) is 12.1 Å². The van der Waals surface area contributed by atoms with Crippen molar-refractivity contribution in [2.45, 2.75) is 39.2 Å². The summed E-state index contributed by atoms with van der Waals surface area (Å²) in [5.41, 5.74) is 2.50. The molecule has 0 fully saturated rings. The van der Waals surface area contributed by atoms with Gasteiger partial charge in [-0.25, -0.2) is 9.59 Å². The monoisotopic (exact) mass is 462 g/mol. The number of aromatic amines is 1. The lowest BCUT2D eigenvalue weighted by molar-refractivity contribution is -0.146. The van der Waals surface area contributed by atoms with E-state index >= 15 is 0 Å². The van der Waals surface area contributed by atoms with Crippen LogP contribution < -0.4 is 11.2 Å². The molecule has 1 aromatic heterocycles. The number of ketones is 1. The first-order chi connectivity index (χ1) is 16.2. The zero-order chi connectivity index (χ0) is 24.8. The average molecular weight is 463 g/mol. The van der Waals surface area contributed by atoms with E-state index in [4.69, 9.17) is 5.11 Å². The largest absolute Gasteiger partial charge is 0.507 e. The van der Waals surface area contributed by atoms with Crippen molar-refractivity contribution in [2.75, 3.05) is 0 Å². The predicted octanol–water partition coefficient (Wildman–Crippen LogP) is 3.05. The second-order valence-corrected chi connectivity index (χ2v) is 8.24. The quantitative estimate of drug-likeness (QED) is 0.255. The van der Waals surface area contributed by atoms with E-state index in [1.165, 1.54) is 16.7 Å². The fraction of sp³-hybridized carbons (Fsp3) is 0.231. The Morgan fingerprint density at radius 3 is 2.21 bits per heavy atom. The molecule has 1 heterocycles. The first-order valence-electron chi connectivity index (χ1n) is 10.8. The molecule has 2 aromatic carbocycles. The molecular formula is C26H26N2O6. The van der Waals surface area contributed by atoms with Gasteiger partial charge >= 0.3 is 11.7 Å². The number of carbonyl (C=O) groups is 2. The highest BCUT2D eigenvalue weighted by atomic mass is 16.4. The zero-order valence-corrected chi connectivity index (χ0v) is 18.9. The average Bonchev–Trinajstić information content (AvgIpc) is 2.79. The maximum absolute atomic E-state index is 13.2. The number of hydrogen-bond acceptors (Lipinski definition) is 5. The Kier molecular flexibility index (Phi) is 7.63. The van der Waals surface area contributed by atoms with Gasteiger partial charge in [-0.15, -0.1) is 0 Å². The summed E-state index contributed by atoms with van der Waals surface area (Å²) in [6, 6.07) is 16.0. The van der Waals surface area contributed by atoms with Gasteiger partial charge in [0, 0.05) is 35.9 Å². The summed E-state index contributed by atoms with van der Waals surface area (Å²) >= 11 is 0. The first-order valence-corrected chi connectivity index (χ1v) is 10.8. The molecule has 0 spiro atoms. The zero-order valence-electron chi connectivity index (χ0n) is 18.9. The van der Waals surface area contributed by atoms with Crippen molar-refractivity contribution in [1.82, 2.24) is 9.55 Å². The predicted molar refractivity (Wildman–Crippen MR) is 128 cm³/mol. The fourth-order valence-electron chi connectivity index (χ4n) is 3.72. The maximum atomic E-state index is 13.2.